The number of aliphatic hydroxyl groups is 1. The van der Waals surface area contributed by atoms with E-state index in [9.17, 15) is 9.50 Å². The number of halogens is 1. The first-order valence-electron chi connectivity index (χ1n) is 6.85. The summed E-state index contributed by atoms with van der Waals surface area (Å²) in [6, 6.07) is 0. The Kier molecular flexibility index (Phi) is 7.57. The first kappa shape index (κ1) is 15.3. The van der Waals surface area contributed by atoms with Gasteiger partial charge in [0.05, 0.1) is 6.10 Å². The van der Waals surface area contributed by atoms with E-state index in [1.807, 2.05) is 0 Å². The van der Waals surface area contributed by atoms with Crippen LogP contribution in [0.15, 0.2) is 0 Å². The summed E-state index contributed by atoms with van der Waals surface area (Å²) in [5.74, 6) is -0.0270. The predicted octanol–water partition coefficient (Wildman–Crippen LogP) is 3.49. The Morgan fingerprint density at radius 1 is 1.24 bits per heavy atom. The van der Waals surface area contributed by atoms with Crippen molar-refractivity contribution in [1.82, 2.24) is 0 Å². The van der Waals surface area contributed by atoms with Gasteiger partial charge in [-0.2, -0.15) is 0 Å². The molecule has 0 aromatic rings. The van der Waals surface area contributed by atoms with Crippen LogP contribution in [0.1, 0.15) is 51.9 Å². The Morgan fingerprint density at radius 3 is 2.53 bits per heavy atom. The molecule has 1 aliphatic carbocycles. The van der Waals surface area contributed by atoms with Gasteiger partial charge in [-0.05, 0) is 12.3 Å². The van der Waals surface area contributed by atoms with E-state index in [4.69, 9.17) is 4.52 Å². The smallest absolute Gasteiger partial charge is 0.108 e. The van der Waals surface area contributed by atoms with Crippen LogP contribution in [0.2, 0.25) is 0 Å². The van der Waals surface area contributed by atoms with Crippen molar-refractivity contribution < 1.29 is 14.0 Å². The van der Waals surface area contributed by atoms with E-state index in [1.54, 1.807) is 0 Å². The zero-order valence-corrected chi connectivity index (χ0v) is 11.9. The van der Waals surface area contributed by atoms with Crippen molar-refractivity contribution in [2.24, 2.45) is 11.8 Å². The van der Waals surface area contributed by atoms with E-state index in [1.165, 1.54) is 25.7 Å². The third-order valence-electron chi connectivity index (χ3n) is 3.98. The van der Waals surface area contributed by atoms with Gasteiger partial charge < -0.3 is 9.63 Å². The molecule has 1 fully saturated rings. The van der Waals surface area contributed by atoms with Gasteiger partial charge in [-0.1, -0.05) is 39.0 Å². The standard InChI is InChI=1S/C13H26FO2P/c1-2-3-4-5-6-7-10-11(9-15)12(14)8-13(10)16-17/h10-13,15H,2-9,17H2,1H3. The molecule has 0 radical (unpaired) electrons. The summed E-state index contributed by atoms with van der Waals surface area (Å²) in [6.45, 7) is 2.15. The van der Waals surface area contributed by atoms with Crippen LogP contribution in [0.25, 0.3) is 0 Å². The van der Waals surface area contributed by atoms with Crippen LogP contribution in [0, 0.1) is 11.8 Å². The van der Waals surface area contributed by atoms with Crippen molar-refractivity contribution in [2.75, 3.05) is 6.61 Å². The third-order valence-corrected chi connectivity index (χ3v) is 4.33. The lowest BCUT2D eigenvalue weighted by Gasteiger charge is -2.22. The lowest BCUT2D eigenvalue weighted by molar-refractivity contribution is 0.106. The molecular weight excluding hydrogens is 238 g/mol. The molecule has 5 unspecified atom stereocenters. The van der Waals surface area contributed by atoms with Crippen LogP contribution in [-0.4, -0.2) is 24.0 Å². The van der Waals surface area contributed by atoms with Crippen LogP contribution < -0.4 is 0 Å². The molecule has 1 saturated carbocycles. The first-order valence-corrected chi connectivity index (χ1v) is 7.32. The maximum atomic E-state index is 13.7. The van der Waals surface area contributed by atoms with Gasteiger partial charge in [0.1, 0.15) is 6.17 Å². The minimum atomic E-state index is -0.897. The molecule has 0 aliphatic heterocycles. The lowest BCUT2D eigenvalue weighted by atomic mass is 9.89. The average molecular weight is 264 g/mol. The van der Waals surface area contributed by atoms with E-state index >= 15 is 0 Å². The van der Waals surface area contributed by atoms with E-state index in [2.05, 4.69) is 16.4 Å². The molecule has 0 bridgehead atoms. The zero-order chi connectivity index (χ0) is 12.7. The minimum Gasteiger partial charge on any atom is -0.396 e. The average Bonchev–Trinajstić information content (AvgIpc) is 2.64. The maximum Gasteiger partial charge on any atom is 0.108 e. The second kappa shape index (κ2) is 8.39. The Balaban J connectivity index is 2.32. The van der Waals surface area contributed by atoms with Gasteiger partial charge in [-0.15, -0.1) is 0 Å². The fraction of sp³-hybridized carbons (Fsp3) is 1.00. The van der Waals surface area contributed by atoms with Crippen LogP contribution in [-0.2, 0) is 4.52 Å². The first-order chi connectivity index (χ1) is 8.24. The van der Waals surface area contributed by atoms with Crippen LogP contribution >= 0.6 is 9.47 Å². The predicted molar refractivity (Wildman–Crippen MR) is 71.5 cm³/mol. The Labute approximate surface area is 107 Å². The SMILES string of the molecule is CCCCCCCC1C(OP)CC(F)C1CO. The Hall–Kier alpha value is 0.280. The van der Waals surface area contributed by atoms with Crippen molar-refractivity contribution in [3.05, 3.63) is 0 Å². The summed E-state index contributed by atoms with van der Waals surface area (Å²) in [7, 11) is 2.25. The quantitative estimate of drug-likeness (QED) is 0.537. The monoisotopic (exact) mass is 264 g/mol. The summed E-state index contributed by atoms with van der Waals surface area (Å²) in [5, 5.41) is 9.26. The van der Waals surface area contributed by atoms with Crippen molar-refractivity contribution in [1.29, 1.82) is 0 Å². The Morgan fingerprint density at radius 2 is 1.94 bits per heavy atom. The van der Waals surface area contributed by atoms with Crippen molar-refractivity contribution in [3.8, 4) is 0 Å². The molecule has 4 heteroatoms. The molecule has 0 spiro atoms. The third kappa shape index (κ3) is 4.46. The van der Waals surface area contributed by atoms with Crippen molar-refractivity contribution in [3.63, 3.8) is 0 Å². The van der Waals surface area contributed by atoms with Gasteiger partial charge in [0, 0.05) is 28.4 Å². The highest BCUT2D eigenvalue weighted by atomic mass is 31.0. The van der Waals surface area contributed by atoms with E-state index in [-0.39, 0.29) is 24.5 Å². The van der Waals surface area contributed by atoms with Crippen LogP contribution in [0.3, 0.4) is 0 Å². The fourth-order valence-electron chi connectivity index (χ4n) is 2.91. The largest absolute Gasteiger partial charge is 0.396 e. The molecule has 0 aromatic carbocycles. The summed E-state index contributed by atoms with van der Waals surface area (Å²) < 4.78 is 18.9. The van der Waals surface area contributed by atoms with E-state index in [0.29, 0.717) is 6.42 Å². The van der Waals surface area contributed by atoms with Gasteiger partial charge in [0.25, 0.3) is 0 Å². The highest BCUT2D eigenvalue weighted by Gasteiger charge is 2.42. The molecular formula is C13H26FO2P. The molecule has 2 nitrogen and oxygen atoms in total. The molecule has 17 heavy (non-hydrogen) atoms. The fourth-order valence-corrected chi connectivity index (χ4v) is 3.22. The van der Waals surface area contributed by atoms with Gasteiger partial charge in [-0.3, -0.25) is 0 Å². The van der Waals surface area contributed by atoms with E-state index in [0.717, 1.165) is 12.8 Å². The van der Waals surface area contributed by atoms with Crippen LogP contribution in [0.4, 0.5) is 4.39 Å². The number of hydrogen-bond donors (Lipinski definition) is 1. The Bertz CT molecular complexity index is 204. The topological polar surface area (TPSA) is 29.5 Å². The van der Waals surface area contributed by atoms with Gasteiger partial charge >= 0.3 is 0 Å². The highest BCUT2D eigenvalue weighted by Crippen LogP contribution is 2.40. The van der Waals surface area contributed by atoms with Gasteiger partial charge in [0.15, 0.2) is 0 Å². The second-order valence-electron chi connectivity index (χ2n) is 5.14. The molecule has 0 saturated heterocycles. The number of aliphatic hydroxyl groups excluding tert-OH is 1. The molecule has 1 aliphatic rings. The molecule has 0 aromatic heterocycles. The van der Waals surface area contributed by atoms with Crippen molar-refractivity contribution in [2.45, 2.75) is 64.1 Å². The van der Waals surface area contributed by atoms with E-state index < -0.39 is 6.17 Å². The molecule has 0 amide bonds. The molecule has 1 N–H and O–H groups in total. The summed E-state index contributed by atoms with van der Waals surface area (Å²) in [6.07, 6.45) is 6.61. The van der Waals surface area contributed by atoms with Crippen molar-refractivity contribution >= 4 is 9.47 Å². The summed E-state index contributed by atoms with van der Waals surface area (Å²) in [5.41, 5.74) is 0. The summed E-state index contributed by atoms with van der Waals surface area (Å²) in [4.78, 5) is 0. The second-order valence-corrected chi connectivity index (χ2v) is 5.41. The zero-order valence-electron chi connectivity index (χ0n) is 10.8. The number of hydrogen-bond acceptors (Lipinski definition) is 2. The summed E-state index contributed by atoms with van der Waals surface area (Å²) >= 11 is 0. The number of unbranched alkanes of at least 4 members (excludes halogenated alkanes) is 4. The minimum absolute atomic E-state index is 0.0293. The normalized spacial score (nSPS) is 33.2. The highest BCUT2D eigenvalue weighted by molar-refractivity contribution is 7.09. The molecule has 5 atom stereocenters. The lowest BCUT2D eigenvalue weighted by Crippen LogP contribution is -2.24. The molecule has 1 rings (SSSR count). The molecule has 0 heterocycles. The van der Waals surface area contributed by atoms with Gasteiger partial charge in [-0.25, -0.2) is 4.39 Å². The number of alkyl halides is 1. The maximum absolute atomic E-state index is 13.7. The van der Waals surface area contributed by atoms with Crippen LogP contribution in [0.5, 0.6) is 0 Å². The number of rotatable bonds is 8. The van der Waals surface area contributed by atoms with Gasteiger partial charge in [0.2, 0.25) is 0 Å². The molecule has 102 valence electrons.